The quantitative estimate of drug-likeness (QED) is 0.936. The Kier molecular flexibility index (Phi) is 3.98. The summed E-state index contributed by atoms with van der Waals surface area (Å²) in [5, 5.41) is 14.2. The molecule has 0 bridgehead atoms. The van der Waals surface area contributed by atoms with Gasteiger partial charge in [-0.1, -0.05) is 22.0 Å². The minimum atomic E-state index is -0.670. The van der Waals surface area contributed by atoms with Crippen molar-refractivity contribution in [1.82, 2.24) is 14.8 Å². The Morgan fingerprint density at radius 3 is 2.89 bits per heavy atom. The lowest BCUT2D eigenvalue weighted by molar-refractivity contribution is 0.170. The van der Waals surface area contributed by atoms with Gasteiger partial charge in [0.2, 0.25) is 0 Å². The van der Waals surface area contributed by atoms with Crippen LogP contribution >= 0.6 is 15.9 Å². The summed E-state index contributed by atoms with van der Waals surface area (Å²) in [6, 6.07) is 5.54. The molecule has 0 amide bonds. The molecule has 0 aliphatic rings. The fourth-order valence-electron chi connectivity index (χ4n) is 1.75. The van der Waals surface area contributed by atoms with Crippen molar-refractivity contribution in [2.45, 2.75) is 12.5 Å². The zero-order chi connectivity index (χ0) is 13.1. The molecule has 0 saturated heterocycles. The first-order valence-electron chi connectivity index (χ1n) is 5.46. The van der Waals surface area contributed by atoms with Crippen molar-refractivity contribution in [1.29, 1.82) is 0 Å². The van der Waals surface area contributed by atoms with E-state index >= 15 is 0 Å². The molecule has 18 heavy (non-hydrogen) atoms. The van der Waals surface area contributed by atoms with Crippen molar-refractivity contribution in [2.75, 3.05) is 7.11 Å². The van der Waals surface area contributed by atoms with E-state index in [1.165, 1.54) is 6.33 Å². The third kappa shape index (κ3) is 2.70. The summed E-state index contributed by atoms with van der Waals surface area (Å²) in [5.41, 5.74) is 0.740. The number of aromatic nitrogens is 3. The molecule has 6 heteroatoms. The number of benzene rings is 1. The Balaban J connectivity index is 2.23. The maximum Gasteiger partial charge on any atom is 0.138 e. The van der Waals surface area contributed by atoms with E-state index in [-0.39, 0.29) is 0 Å². The summed E-state index contributed by atoms with van der Waals surface area (Å²) >= 11 is 3.37. The average molecular weight is 312 g/mol. The Morgan fingerprint density at radius 2 is 2.28 bits per heavy atom. The maximum absolute atomic E-state index is 10.2. The van der Waals surface area contributed by atoms with Gasteiger partial charge < -0.3 is 9.84 Å². The molecule has 1 heterocycles. The highest BCUT2D eigenvalue weighted by molar-refractivity contribution is 9.10. The van der Waals surface area contributed by atoms with E-state index in [1.54, 1.807) is 18.8 Å². The summed E-state index contributed by atoms with van der Waals surface area (Å²) in [4.78, 5) is 4.10. The number of methoxy groups -OCH3 is 1. The molecular weight excluding hydrogens is 298 g/mol. The average Bonchev–Trinajstić information content (AvgIpc) is 2.74. The third-order valence-electron chi connectivity index (χ3n) is 2.74. The first kappa shape index (κ1) is 13.0. The summed E-state index contributed by atoms with van der Waals surface area (Å²) in [5.74, 6) is 1.38. The van der Waals surface area contributed by atoms with Crippen LogP contribution in [0, 0.1) is 0 Å². The predicted octanol–water partition coefficient (Wildman–Crippen LogP) is 1.86. The molecule has 0 radical (unpaired) electrons. The number of aliphatic hydroxyl groups excluding tert-OH is 1. The van der Waals surface area contributed by atoms with E-state index in [0.29, 0.717) is 12.2 Å². The van der Waals surface area contributed by atoms with E-state index in [4.69, 9.17) is 4.74 Å². The van der Waals surface area contributed by atoms with E-state index < -0.39 is 6.10 Å². The SMILES string of the molecule is COc1cc(Br)ccc1C(O)Cc1ncnn1C. The molecule has 1 N–H and O–H groups in total. The number of aryl methyl sites for hydroxylation is 1. The largest absolute Gasteiger partial charge is 0.496 e. The van der Waals surface area contributed by atoms with Crippen molar-refractivity contribution in [3.05, 3.63) is 40.4 Å². The molecule has 0 saturated carbocycles. The number of halogens is 1. The summed E-state index contributed by atoms with van der Waals surface area (Å²) < 4.78 is 7.82. The van der Waals surface area contributed by atoms with Gasteiger partial charge in [-0.3, -0.25) is 4.68 Å². The van der Waals surface area contributed by atoms with Crippen LogP contribution in [-0.4, -0.2) is 27.0 Å². The first-order chi connectivity index (χ1) is 8.61. The first-order valence-corrected chi connectivity index (χ1v) is 6.25. The standard InChI is InChI=1S/C12H14BrN3O2/c1-16-12(14-7-15-16)6-10(17)9-4-3-8(13)5-11(9)18-2/h3-5,7,10,17H,6H2,1-2H3. The van der Waals surface area contributed by atoms with Crippen LogP contribution in [0.25, 0.3) is 0 Å². The molecule has 96 valence electrons. The smallest absolute Gasteiger partial charge is 0.138 e. The van der Waals surface area contributed by atoms with Crippen LogP contribution < -0.4 is 4.74 Å². The molecule has 1 atom stereocenters. The molecule has 0 fully saturated rings. The van der Waals surface area contributed by atoms with E-state index in [0.717, 1.165) is 15.9 Å². The second-order valence-corrected chi connectivity index (χ2v) is 4.82. The minimum absolute atomic E-state index is 0.397. The lowest BCUT2D eigenvalue weighted by Gasteiger charge is -2.14. The molecule has 2 rings (SSSR count). The van der Waals surface area contributed by atoms with Crippen LogP contribution in [0.15, 0.2) is 29.0 Å². The van der Waals surface area contributed by atoms with Crippen LogP contribution in [0.1, 0.15) is 17.5 Å². The van der Waals surface area contributed by atoms with Gasteiger partial charge in [0.1, 0.15) is 17.9 Å². The monoisotopic (exact) mass is 311 g/mol. The van der Waals surface area contributed by atoms with Gasteiger partial charge in [0.15, 0.2) is 0 Å². The number of rotatable bonds is 4. The number of aliphatic hydroxyl groups is 1. The Hall–Kier alpha value is -1.40. The van der Waals surface area contributed by atoms with Gasteiger partial charge in [-0.15, -0.1) is 0 Å². The second kappa shape index (κ2) is 5.49. The van der Waals surface area contributed by atoms with E-state index in [9.17, 15) is 5.11 Å². The Morgan fingerprint density at radius 1 is 1.50 bits per heavy atom. The highest BCUT2D eigenvalue weighted by Crippen LogP contribution is 2.29. The lowest BCUT2D eigenvalue weighted by Crippen LogP contribution is -2.08. The fraction of sp³-hybridized carbons (Fsp3) is 0.333. The van der Waals surface area contributed by atoms with Gasteiger partial charge in [0, 0.05) is 23.5 Å². The highest BCUT2D eigenvalue weighted by Gasteiger charge is 2.16. The van der Waals surface area contributed by atoms with Gasteiger partial charge >= 0.3 is 0 Å². The highest BCUT2D eigenvalue weighted by atomic mass is 79.9. The van der Waals surface area contributed by atoms with Gasteiger partial charge in [-0.25, -0.2) is 4.98 Å². The summed E-state index contributed by atoms with van der Waals surface area (Å²) in [7, 11) is 3.38. The predicted molar refractivity (Wildman–Crippen MR) is 70.4 cm³/mol. The van der Waals surface area contributed by atoms with Crippen molar-refractivity contribution < 1.29 is 9.84 Å². The van der Waals surface area contributed by atoms with Crippen molar-refractivity contribution in [3.8, 4) is 5.75 Å². The van der Waals surface area contributed by atoms with Crippen LogP contribution in [0.3, 0.4) is 0 Å². The number of hydrogen-bond acceptors (Lipinski definition) is 4. The van der Waals surface area contributed by atoms with Crippen molar-refractivity contribution in [2.24, 2.45) is 7.05 Å². The lowest BCUT2D eigenvalue weighted by atomic mass is 10.1. The van der Waals surface area contributed by atoms with Crippen LogP contribution in [0.2, 0.25) is 0 Å². The molecule has 0 spiro atoms. The zero-order valence-electron chi connectivity index (χ0n) is 10.2. The molecule has 0 aliphatic carbocycles. The van der Waals surface area contributed by atoms with Gasteiger partial charge in [0.25, 0.3) is 0 Å². The van der Waals surface area contributed by atoms with Crippen LogP contribution in [0.5, 0.6) is 5.75 Å². The Bertz CT molecular complexity index is 542. The van der Waals surface area contributed by atoms with E-state index in [2.05, 4.69) is 26.0 Å². The summed E-state index contributed by atoms with van der Waals surface area (Å²) in [6.07, 6.45) is 1.20. The molecule has 1 aromatic carbocycles. The second-order valence-electron chi connectivity index (χ2n) is 3.91. The normalized spacial score (nSPS) is 12.4. The molecule has 5 nitrogen and oxygen atoms in total. The number of ether oxygens (including phenoxy) is 1. The van der Waals surface area contributed by atoms with Crippen LogP contribution in [0.4, 0.5) is 0 Å². The molecule has 1 aromatic heterocycles. The molecule has 0 aliphatic heterocycles. The summed E-state index contributed by atoms with van der Waals surface area (Å²) in [6.45, 7) is 0. The fourth-order valence-corrected chi connectivity index (χ4v) is 2.09. The number of nitrogens with zero attached hydrogens (tertiary/aromatic N) is 3. The van der Waals surface area contributed by atoms with Gasteiger partial charge in [-0.05, 0) is 12.1 Å². The molecule has 2 aromatic rings. The maximum atomic E-state index is 10.2. The zero-order valence-corrected chi connectivity index (χ0v) is 11.8. The van der Waals surface area contributed by atoms with Crippen molar-refractivity contribution >= 4 is 15.9 Å². The van der Waals surface area contributed by atoms with Crippen molar-refractivity contribution in [3.63, 3.8) is 0 Å². The van der Waals surface area contributed by atoms with Gasteiger partial charge in [0.05, 0.1) is 13.2 Å². The third-order valence-corrected chi connectivity index (χ3v) is 3.23. The topological polar surface area (TPSA) is 60.2 Å². The Labute approximate surface area is 114 Å². The number of hydrogen-bond donors (Lipinski definition) is 1. The van der Waals surface area contributed by atoms with Crippen LogP contribution in [-0.2, 0) is 13.5 Å². The van der Waals surface area contributed by atoms with E-state index in [1.807, 2.05) is 18.2 Å². The molecule has 1 unspecified atom stereocenters. The molecular formula is C12H14BrN3O2. The van der Waals surface area contributed by atoms with Gasteiger partial charge in [-0.2, -0.15) is 5.10 Å². The minimum Gasteiger partial charge on any atom is -0.496 e.